The van der Waals surface area contributed by atoms with E-state index in [1.54, 1.807) is 25.5 Å². The lowest BCUT2D eigenvalue weighted by Crippen LogP contribution is -2.16. The van der Waals surface area contributed by atoms with Crippen molar-refractivity contribution in [1.29, 1.82) is 0 Å². The Labute approximate surface area is 151 Å². The van der Waals surface area contributed by atoms with Crippen molar-refractivity contribution < 1.29 is 13.9 Å². The maximum absolute atomic E-state index is 11.8. The molecule has 7 heteroatoms. The van der Waals surface area contributed by atoms with E-state index in [0.717, 1.165) is 28.3 Å². The fraction of sp³-hybridized carbons (Fsp3) is 0.211. The van der Waals surface area contributed by atoms with E-state index in [9.17, 15) is 4.79 Å². The summed E-state index contributed by atoms with van der Waals surface area (Å²) in [5.41, 5.74) is 6.29. The van der Waals surface area contributed by atoms with Crippen molar-refractivity contribution >= 4 is 12.1 Å². The van der Waals surface area contributed by atoms with Gasteiger partial charge in [0.25, 0.3) is 0 Å². The molecule has 0 fully saturated rings. The number of hydrogen-bond donors (Lipinski definition) is 1. The zero-order valence-corrected chi connectivity index (χ0v) is 14.9. The molecule has 2 heterocycles. The Morgan fingerprint density at radius 1 is 1.35 bits per heavy atom. The van der Waals surface area contributed by atoms with Gasteiger partial charge in [-0.3, -0.25) is 9.48 Å². The van der Waals surface area contributed by atoms with Gasteiger partial charge in [-0.2, -0.15) is 10.2 Å². The molecule has 3 rings (SSSR count). The molecular formula is C19H20N4O3. The van der Waals surface area contributed by atoms with Crippen molar-refractivity contribution in [2.45, 2.75) is 20.4 Å². The van der Waals surface area contributed by atoms with Crippen LogP contribution in [0.25, 0.3) is 0 Å². The number of furan rings is 1. The number of hydrogen-bond acceptors (Lipinski definition) is 5. The van der Waals surface area contributed by atoms with Gasteiger partial charge in [0.1, 0.15) is 5.75 Å². The Bertz CT molecular complexity index is 926. The number of aromatic nitrogens is 2. The number of amides is 1. The highest BCUT2D eigenvalue weighted by atomic mass is 16.5. The van der Waals surface area contributed by atoms with Gasteiger partial charge in [-0.25, -0.2) is 5.43 Å². The Balaban J connectivity index is 1.75. The summed E-state index contributed by atoms with van der Waals surface area (Å²) in [6.45, 7) is 4.57. The monoisotopic (exact) mass is 352 g/mol. The van der Waals surface area contributed by atoms with Gasteiger partial charge in [-0.15, -0.1) is 0 Å². The van der Waals surface area contributed by atoms with Crippen LogP contribution < -0.4 is 10.2 Å². The summed E-state index contributed by atoms with van der Waals surface area (Å²) in [7, 11) is 1.64. The number of nitrogens with one attached hydrogen (secondary N) is 1. The molecule has 1 N–H and O–H groups in total. The molecule has 0 aliphatic heterocycles. The molecule has 0 spiro atoms. The second-order valence-electron chi connectivity index (χ2n) is 5.83. The Hall–Kier alpha value is -3.35. The van der Waals surface area contributed by atoms with Gasteiger partial charge in [-0.05, 0) is 55.8 Å². The summed E-state index contributed by atoms with van der Waals surface area (Å²) < 4.78 is 12.4. The lowest BCUT2D eigenvalue weighted by molar-refractivity contribution is 0.0927. The van der Waals surface area contributed by atoms with Gasteiger partial charge >= 0.3 is 5.91 Å². The zero-order valence-electron chi connectivity index (χ0n) is 14.9. The predicted octanol–water partition coefficient (Wildman–Crippen LogP) is 2.91. The molecule has 0 radical (unpaired) electrons. The minimum Gasteiger partial charge on any atom is -0.496 e. The van der Waals surface area contributed by atoms with Crippen LogP contribution in [0, 0.1) is 13.8 Å². The minimum atomic E-state index is -0.400. The Kier molecular flexibility index (Phi) is 5.17. The third-order valence-electron chi connectivity index (χ3n) is 3.85. The van der Waals surface area contributed by atoms with E-state index in [4.69, 9.17) is 9.15 Å². The standard InChI is InChI=1S/C19H20N4O3/c1-13-9-14(2)23(22-13)12-16-10-15(6-7-17(16)25-3)11-20-21-19(24)18-5-4-8-26-18/h4-11H,12H2,1-3H3,(H,21,24)/b20-11+. The topological polar surface area (TPSA) is 81.6 Å². The van der Waals surface area contributed by atoms with Gasteiger partial charge in [-0.1, -0.05) is 0 Å². The lowest BCUT2D eigenvalue weighted by Gasteiger charge is -2.11. The molecule has 134 valence electrons. The van der Waals surface area contributed by atoms with E-state index in [1.807, 2.05) is 42.8 Å². The molecule has 0 aliphatic rings. The molecule has 1 amide bonds. The first kappa shape index (κ1) is 17.5. The summed E-state index contributed by atoms with van der Waals surface area (Å²) in [5.74, 6) is 0.582. The smallest absolute Gasteiger partial charge is 0.307 e. The highest BCUT2D eigenvalue weighted by Crippen LogP contribution is 2.21. The highest BCUT2D eigenvalue weighted by Gasteiger charge is 2.09. The normalized spacial score (nSPS) is 11.0. The van der Waals surface area contributed by atoms with Gasteiger partial charge in [0, 0.05) is 11.3 Å². The van der Waals surface area contributed by atoms with Crippen molar-refractivity contribution in [1.82, 2.24) is 15.2 Å². The van der Waals surface area contributed by atoms with Crippen LogP contribution in [0.1, 0.15) is 33.1 Å². The fourth-order valence-corrected chi connectivity index (χ4v) is 2.63. The van der Waals surface area contributed by atoms with Gasteiger partial charge < -0.3 is 9.15 Å². The number of methoxy groups -OCH3 is 1. The molecule has 26 heavy (non-hydrogen) atoms. The van der Waals surface area contributed by atoms with Crippen LogP contribution >= 0.6 is 0 Å². The molecular weight excluding hydrogens is 332 g/mol. The van der Waals surface area contributed by atoms with Crippen molar-refractivity contribution in [3.8, 4) is 5.75 Å². The summed E-state index contributed by atoms with van der Waals surface area (Å²) in [5, 5.41) is 8.46. The third kappa shape index (κ3) is 4.00. The van der Waals surface area contributed by atoms with Crippen LogP contribution in [-0.4, -0.2) is 29.0 Å². The molecule has 0 saturated carbocycles. The van der Waals surface area contributed by atoms with Crippen LogP contribution in [0.2, 0.25) is 0 Å². The van der Waals surface area contributed by atoms with Crippen molar-refractivity contribution in [3.05, 3.63) is 70.9 Å². The number of hydrazone groups is 1. The van der Waals surface area contributed by atoms with Crippen molar-refractivity contribution in [3.63, 3.8) is 0 Å². The second-order valence-corrected chi connectivity index (χ2v) is 5.83. The van der Waals surface area contributed by atoms with Crippen molar-refractivity contribution in [2.75, 3.05) is 7.11 Å². The average Bonchev–Trinajstić information content (AvgIpc) is 3.25. The van der Waals surface area contributed by atoms with E-state index >= 15 is 0 Å². The molecule has 3 aromatic rings. The zero-order chi connectivity index (χ0) is 18.5. The highest BCUT2D eigenvalue weighted by molar-refractivity contribution is 5.92. The van der Waals surface area contributed by atoms with Gasteiger partial charge in [0.05, 0.1) is 31.8 Å². The number of carbonyl (C=O) groups excluding carboxylic acids is 1. The van der Waals surface area contributed by atoms with Crippen LogP contribution in [0.5, 0.6) is 5.75 Å². The summed E-state index contributed by atoms with van der Waals surface area (Å²) in [6, 6.07) is 10.9. The molecule has 0 aliphatic carbocycles. The number of ether oxygens (including phenoxy) is 1. The number of nitrogens with zero attached hydrogens (tertiary/aromatic N) is 3. The predicted molar refractivity (Wildman–Crippen MR) is 97.6 cm³/mol. The molecule has 7 nitrogen and oxygen atoms in total. The fourth-order valence-electron chi connectivity index (χ4n) is 2.63. The Morgan fingerprint density at radius 3 is 2.85 bits per heavy atom. The number of benzene rings is 1. The first-order chi connectivity index (χ1) is 12.6. The first-order valence-corrected chi connectivity index (χ1v) is 8.11. The van der Waals surface area contributed by atoms with Gasteiger partial charge in [0.2, 0.25) is 0 Å². The van der Waals surface area contributed by atoms with E-state index in [1.165, 1.54) is 6.26 Å². The summed E-state index contributed by atoms with van der Waals surface area (Å²) in [6.07, 6.45) is 3.01. The van der Waals surface area contributed by atoms with E-state index < -0.39 is 5.91 Å². The van der Waals surface area contributed by atoms with Crippen LogP contribution in [0.4, 0.5) is 0 Å². The SMILES string of the molecule is COc1ccc(/C=N/NC(=O)c2ccco2)cc1Cn1nc(C)cc1C. The first-order valence-electron chi connectivity index (χ1n) is 8.11. The lowest BCUT2D eigenvalue weighted by atomic mass is 10.1. The summed E-state index contributed by atoms with van der Waals surface area (Å²) >= 11 is 0. The Morgan fingerprint density at radius 2 is 2.19 bits per heavy atom. The summed E-state index contributed by atoms with van der Waals surface area (Å²) in [4.78, 5) is 11.8. The molecule has 1 aromatic carbocycles. The van der Waals surface area contributed by atoms with Crippen molar-refractivity contribution in [2.24, 2.45) is 5.10 Å². The number of carbonyl (C=O) groups is 1. The average molecular weight is 352 g/mol. The minimum absolute atomic E-state index is 0.210. The molecule has 2 aromatic heterocycles. The molecule has 0 atom stereocenters. The van der Waals surface area contributed by atoms with Gasteiger partial charge in [0.15, 0.2) is 5.76 Å². The maximum Gasteiger partial charge on any atom is 0.307 e. The van der Waals surface area contributed by atoms with E-state index in [2.05, 4.69) is 15.6 Å². The second kappa shape index (κ2) is 7.69. The molecule has 0 saturated heterocycles. The largest absolute Gasteiger partial charge is 0.496 e. The quantitative estimate of drug-likeness (QED) is 0.546. The molecule has 0 bridgehead atoms. The maximum atomic E-state index is 11.8. The number of rotatable bonds is 6. The third-order valence-corrected chi connectivity index (χ3v) is 3.85. The molecule has 0 unspecified atom stereocenters. The number of aryl methyl sites for hydroxylation is 2. The van der Waals surface area contributed by atoms with E-state index in [0.29, 0.717) is 6.54 Å². The van der Waals surface area contributed by atoms with E-state index in [-0.39, 0.29) is 5.76 Å². The van der Waals surface area contributed by atoms with Crippen LogP contribution in [0.15, 0.2) is 52.2 Å². The van der Waals surface area contributed by atoms with Crippen LogP contribution in [0.3, 0.4) is 0 Å². The van der Waals surface area contributed by atoms with Crippen LogP contribution in [-0.2, 0) is 6.54 Å².